The lowest BCUT2D eigenvalue weighted by atomic mass is 10.1. The van der Waals surface area contributed by atoms with Crippen LogP contribution in [0.4, 0.5) is 5.69 Å². The van der Waals surface area contributed by atoms with Crippen LogP contribution in [0.15, 0.2) is 41.8 Å². The third-order valence-electron chi connectivity index (χ3n) is 7.61. The lowest BCUT2D eigenvalue weighted by Crippen LogP contribution is -2.40. The van der Waals surface area contributed by atoms with E-state index < -0.39 is 0 Å². The van der Waals surface area contributed by atoms with Gasteiger partial charge in [-0.05, 0) is 57.4 Å². The first-order valence-corrected chi connectivity index (χ1v) is 15.4. The van der Waals surface area contributed by atoms with E-state index in [-0.39, 0.29) is 16.6 Å². The lowest BCUT2D eigenvalue weighted by molar-refractivity contribution is -0.108. The van der Waals surface area contributed by atoms with Crippen LogP contribution in [0.1, 0.15) is 78.6 Å². The first-order chi connectivity index (χ1) is 18.0. The normalized spacial score (nSPS) is 20.1. The van der Waals surface area contributed by atoms with Gasteiger partial charge in [0.1, 0.15) is 5.76 Å². The molecule has 37 heavy (non-hydrogen) atoms. The molecule has 1 aromatic carbocycles. The van der Waals surface area contributed by atoms with E-state index in [0.29, 0.717) is 5.02 Å². The monoisotopic (exact) mass is 543 g/mol. The number of anilines is 1. The van der Waals surface area contributed by atoms with Crippen LogP contribution in [0.2, 0.25) is 5.02 Å². The Morgan fingerprint density at radius 1 is 1.08 bits per heavy atom. The van der Waals surface area contributed by atoms with Crippen molar-refractivity contribution in [3.63, 3.8) is 0 Å². The van der Waals surface area contributed by atoms with Crippen molar-refractivity contribution in [3.8, 4) is 0 Å². The minimum atomic E-state index is 0.0162. The number of fused-ring (bicyclic) bond motifs is 1. The van der Waals surface area contributed by atoms with Crippen LogP contribution in [0.25, 0.3) is 10.9 Å². The smallest absolute Gasteiger partial charge is 0.219 e. The number of halogens is 1. The van der Waals surface area contributed by atoms with Gasteiger partial charge >= 0.3 is 0 Å². The first kappa shape index (κ1) is 28.3. The molecule has 2 atom stereocenters. The molecule has 0 radical (unpaired) electrons. The summed E-state index contributed by atoms with van der Waals surface area (Å²) in [6.07, 6.45) is 13.0. The highest BCUT2D eigenvalue weighted by Gasteiger charge is 2.33. The fourth-order valence-corrected chi connectivity index (χ4v) is 6.58. The van der Waals surface area contributed by atoms with E-state index in [4.69, 9.17) is 16.3 Å². The van der Waals surface area contributed by atoms with Crippen LogP contribution >= 0.6 is 23.4 Å². The number of hydrogen-bond donors (Lipinski definition) is 0. The molecule has 0 amide bonds. The minimum absolute atomic E-state index is 0.0162. The third kappa shape index (κ3) is 7.42. The van der Waals surface area contributed by atoms with Gasteiger partial charge in [0.2, 0.25) is 5.12 Å². The molecule has 4 rings (SSSR count). The van der Waals surface area contributed by atoms with Gasteiger partial charge in [0.15, 0.2) is 6.23 Å². The van der Waals surface area contributed by atoms with Crippen molar-refractivity contribution in [1.82, 2.24) is 9.88 Å². The topological polar surface area (TPSA) is 45.7 Å². The second kappa shape index (κ2) is 13.9. The highest BCUT2D eigenvalue weighted by molar-refractivity contribution is 8.15. The average Bonchev–Trinajstić information content (AvgIpc) is 3.05. The Balaban J connectivity index is 1.43. The summed E-state index contributed by atoms with van der Waals surface area (Å²) < 4.78 is 6.69. The molecule has 5 nitrogen and oxygen atoms in total. The Morgan fingerprint density at radius 3 is 2.62 bits per heavy atom. The number of unbranched alkanes of at least 4 members (excludes halogenated alkanes) is 6. The van der Waals surface area contributed by atoms with Crippen molar-refractivity contribution in [2.45, 2.75) is 90.0 Å². The maximum atomic E-state index is 12.3. The fraction of sp³-hybridized carbons (Fsp3) is 0.600. The van der Waals surface area contributed by atoms with Crippen molar-refractivity contribution in [3.05, 3.63) is 46.8 Å². The number of carbonyl (C=O) groups excluding carboxylic acids is 1. The highest BCUT2D eigenvalue weighted by Crippen LogP contribution is 2.36. The molecule has 2 aromatic rings. The SMILES string of the molecule is CCCCCCCCCC(OC1=C(C)C(=O)SC1C)N1CCCN(c2ccnc3cc(Cl)ccc23)CC1. The van der Waals surface area contributed by atoms with Gasteiger partial charge in [-0.15, -0.1) is 0 Å². The summed E-state index contributed by atoms with van der Waals surface area (Å²) in [5.74, 6) is 0.890. The number of rotatable bonds is 12. The largest absolute Gasteiger partial charge is 0.478 e. The molecule has 1 saturated heterocycles. The number of benzene rings is 1. The molecular formula is C30H42ClN3O2S. The molecule has 0 N–H and O–H groups in total. The number of carbonyl (C=O) groups is 1. The number of pyridine rings is 1. The van der Waals surface area contributed by atoms with Crippen molar-refractivity contribution in [2.24, 2.45) is 0 Å². The van der Waals surface area contributed by atoms with Crippen molar-refractivity contribution < 1.29 is 9.53 Å². The summed E-state index contributed by atoms with van der Waals surface area (Å²) in [4.78, 5) is 21.8. The number of thioether (sulfide) groups is 1. The van der Waals surface area contributed by atoms with Gasteiger partial charge in [0.05, 0.1) is 10.8 Å². The molecule has 2 unspecified atom stereocenters. The van der Waals surface area contributed by atoms with E-state index in [1.54, 1.807) is 0 Å². The van der Waals surface area contributed by atoms with Gasteiger partial charge in [-0.2, -0.15) is 0 Å². The molecule has 7 heteroatoms. The van der Waals surface area contributed by atoms with Crippen LogP contribution in [0, 0.1) is 0 Å². The van der Waals surface area contributed by atoms with Crippen molar-refractivity contribution in [1.29, 1.82) is 0 Å². The van der Waals surface area contributed by atoms with E-state index in [1.165, 1.54) is 56.0 Å². The summed E-state index contributed by atoms with van der Waals surface area (Å²) >= 11 is 7.61. The van der Waals surface area contributed by atoms with Crippen LogP contribution < -0.4 is 4.90 Å². The van der Waals surface area contributed by atoms with Crippen molar-refractivity contribution in [2.75, 3.05) is 31.1 Å². The van der Waals surface area contributed by atoms with Gasteiger partial charge in [0, 0.05) is 54.0 Å². The van der Waals surface area contributed by atoms with E-state index in [2.05, 4.69) is 40.8 Å². The minimum Gasteiger partial charge on any atom is -0.478 e. The van der Waals surface area contributed by atoms with Gasteiger partial charge in [-0.1, -0.05) is 68.8 Å². The zero-order valence-corrected chi connectivity index (χ0v) is 24.3. The fourth-order valence-electron chi connectivity index (χ4n) is 5.48. The van der Waals surface area contributed by atoms with E-state index in [1.807, 2.05) is 25.3 Å². The predicted molar refractivity (Wildman–Crippen MR) is 157 cm³/mol. The van der Waals surface area contributed by atoms with Crippen LogP contribution in [-0.2, 0) is 9.53 Å². The Labute approximate surface area is 232 Å². The van der Waals surface area contributed by atoms with Crippen LogP contribution in [0.3, 0.4) is 0 Å². The van der Waals surface area contributed by atoms with E-state index in [0.717, 1.165) is 67.7 Å². The predicted octanol–water partition coefficient (Wildman–Crippen LogP) is 7.82. The van der Waals surface area contributed by atoms with Crippen molar-refractivity contribution >= 4 is 45.1 Å². The Hall–Kier alpha value is -1.76. The summed E-state index contributed by atoms with van der Waals surface area (Å²) in [7, 11) is 0. The number of ether oxygens (including phenoxy) is 1. The molecule has 1 fully saturated rings. The molecule has 2 aliphatic rings. The molecule has 3 heterocycles. The maximum absolute atomic E-state index is 12.3. The quantitative estimate of drug-likeness (QED) is 0.254. The first-order valence-electron chi connectivity index (χ1n) is 14.1. The zero-order valence-electron chi connectivity index (χ0n) is 22.7. The molecule has 0 saturated carbocycles. The molecule has 1 aromatic heterocycles. The number of hydrogen-bond acceptors (Lipinski definition) is 6. The van der Waals surface area contributed by atoms with Gasteiger partial charge in [0.25, 0.3) is 0 Å². The lowest BCUT2D eigenvalue weighted by Gasteiger charge is -2.32. The summed E-state index contributed by atoms with van der Waals surface area (Å²) in [6.45, 7) is 10.1. The van der Waals surface area contributed by atoms with Gasteiger partial charge in [-0.3, -0.25) is 14.7 Å². The van der Waals surface area contributed by atoms with Crippen LogP contribution in [-0.4, -0.2) is 52.7 Å². The number of nitrogens with zero attached hydrogens (tertiary/aromatic N) is 3. The van der Waals surface area contributed by atoms with Gasteiger partial charge in [-0.25, -0.2) is 0 Å². The maximum Gasteiger partial charge on any atom is 0.219 e. The Bertz CT molecular complexity index is 1090. The summed E-state index contributed by atoms with van der Waals surface area (Å²) in [5, 5.41) is 2.12. The molecule has 2 aliphatic heterocycles. The van der Waals surface area contributed by atoms with E-state index >= 15 is 0 Å². The highest BCUT2D eigenvalue weighted by atomic mass is 35.5. The molecular weight excluding hydrogens is 502 g/mol. The Kier molecular flexibility index (Phi) is 10.6. The van der Waals surface area contributed by atoms with E-state index in [9.17, 15) is 4.79 Å². The standard InChI is InChI=1S/C30H42ClN3O2S/c1-4-5-6-7-8-9-10-12-28(36-29-22(2)30(35)37-23(29)3)34-18-11-17-33(19-20-34)27-15-16-32-26-21-24(31)13-14-25(26)27/h13-16,21,23,28H,4-12,17-20H2,1-3H3. The molecule has 202 valence electrons. The van der Waals surface area contributed by atoms with Crippen LogP contribution in [0.5, 0.6) is 0 Å². The summed E-state index contributed by atoms with van der Waals surface area (Å²) in [5.41, 5.74) is 2.95. The molecule has 0 aliphatic carbocycles. The zero-order chi connectivity index (χ0) is 26.2. The third-order valence-corrected chi connectivity index (χ3v) is 8.93. The second-order valence-electron chi connectivity index (χ2n) is 10.4. The van der Waals surface area contributed by atoms with Gasteiger partial charge < -0.3 is 9.64 Å². The second-order valence-corrected chi connectivity index (χ2v) is 12.1. The summed E-state index contributed by atoms with van der Waals surface area (Å²) in [6, 6.07) is 8.09. The molecule has 0 bridgehead atoms. The Morgan fingerprint density at radius 2 is 1.86 bits per heavy atom. The average molecular weight is 544 g/mol. The number of aromatic nitrogens is 1. The molecule has 0 spiro atoms.